The summed E-state index contributed by atoms with van der Waals surface area (Å²) in [6.07, 6.45) is 0.619. The molecule has 14 heavy (non-hydrogen) atoms. The van der Waals surface area contributed by atoms with Crippen molar-refractivity contribution in [3.63, 3.8) is 0 Å². The van der Waals surface area contributed by atoms with E-state index >= 15 is 0 Å². The average molecular weight is 213 g/mol. The molecule has 2 aromatic heterocycles. The number of aliphatic hydroxyl groups is 1. The molecule has 0 unspecified atom stereocenters. The second kappa shape index (κ2) is 5.20. The third-order valence-corrected chi connectivity index (χ3v) is 1.93. The van der Waals surface area contributed by atoms with Crippen molar-refractivity contribution < 1.29 is 14.4 Å². The lowest BCUT2D eigenvalue weighted by atomic mass is 10.4. The van der Waals surface area contributed by atoms with E-state index in [2.05, 4.69) is 15.4 Å². The van der Waals surface area contributed by atoms with Crippen LogP contribution in [0.15, 0.2) is 16.1 Å². The minimum Gasteiger partial charge on any atom is -0.400 e. The third kappa shape index (κ3) is 2.21. The molecule has 0 radical (unpaired) electrons. The summed E-state index contributed by atoms with van der Waals surface area (Å²) in [7, 11) is 1.00. The number of carbonyl (C=O) groups excluding carboxylic acids is 1. The maximum Gasteiger partial charge on any atom is 0.198 e. The Morgan fingerprint density at radius 3 is 2.86 bits per heavy atom. The van der Waals surface area contributed by atoms with Gasteiger partial charge < -0.3 is 9.63 Å². The van der Waals surface area contributed by atoms with Gasteiger partial charge in [0.05, 0.1) is 0 Å². The summed E-state index contributed by atoms with van der Waals surface area (Å²) in [6.45, 7) is 0. The first-order chi connectivity index (χ1) is 6.90. The Kier molecular flexibility index (Phi) is 3.89. The van der Waals surface area contributed by atoms with Gasteiger partial charge in [0.15, 0.2) is 17.1 Å². The predicted octanol–water partition coefficient (Wildman–Crippen LogP) is 0.614. The highest BCUT2D eigenvalue weighted by molar-refractivity contribution is 7.12. The first-order valence-electron chi connectivity index (χ1n) is 3.53. The molecule has 0 amide bonds. The number of rotatable bonds is 2. The predicted molar refractivity (Wildman–Crippen MR) is 48.9 cm³/mol. The average Bonchev–Trinajstić information content (AvgIpc) is 2.91. The minimum absolute atomic E-state index is 0.264. The Hall–Kier alpha value is -1.60. The number of nitrogens with zero attached hydrogens (tertiary/aromatic N) is 3. The molecule has 6 nitrogen and oxygen atoms in total. The van der Waals surface area contributed by atoms with Crippen LogP contribution in [0, 0.1) is 0 Å². The molecule has 0 fully saturated rings. The van der Waals surface area contributed by atoms with E-state index in [1.807, 2.05) is 0 Å². The number of aromatic nitrogens is 3. The standard InChI is InChI=1S/C6H3N3O2S.CH4O/c10-2-4-1-5(11-9-4)6-8-7-3-12-6;1-2/h1-3H;2H,1H3. The fraction of sp³-hybridized carbons (Fsp3) is 0.143. The molecule has 0 saturated carbocycles. The van der Waals surface area contributed by atoms with E-state index in [0.29, 0.717) is 17.1 Å². The molecule has 0 aliphatic rings. The molecule has 0 atom stereocenters. The Labute approximate surface area is 83.2 Å². The van der Waals surface area contributed by atoms with Gasteiger partial charge in [0, 0.05) is 13.2 Å². The van der Waals surface area contributed by atoms with E-state index in [1.54, 1.807) is 5.51 Å². The summed E-state index contributed by atoms with van der Waals surface area (Å²) in [6, 6.07) is 1.52. The molecule has 1 N–H and O–H groups in total. The highest BCUT2D eigenvalue weighted by Gasteiger charge is 2.08. The van der Waals surface area contributed by atoms with Crippen molar-refractivity contribution in [3.05, 3.63) is 17.3 Å². The van der Waals surface area contributed by atoms with Gasteiger partial charge in [0.25, 0.3) is 0 Å². The molecule has 2 heterocycles. The molecule has 2 aromatic rings. The monoisotopic (exact) mass is 213 g/mol. The van der Waals surface area contributed by atoms with Gasteiger partial charge in [0.2, 0.25) is 0 Å². The maximum atomic E-state index is 10.2. The van der Waals surface area contributed by atoms with E-state index in [4.69, 9.17) is 9.63 Å². The Balaban J connectivity index is 0.000000461. The summed E-state index contributed by atoms with van der Waals surface area (Å²) < 4.78 is 4.83. The summed E-state index contributed by atoms with van der Waals surface area (Å²) in [5, 5.41) is 18.5. The molecule has 2 rings (SSSR count). The van der Waals surface area contributed by atoms with Crippen molar-refractivity contribution in [1.82, 2.24) is 15.4 Å². The smallest absolute Gasteiger partial charge is 0.198 e. The van der Waals surface area contributed by atoms with E-state index in [9.17, 15) is 4.79 Å². The number of hydrogen-bond acceptors (Lipinski definition) is 7. The van der Waals surface area contributed by atoms with Crippen LogP contribution in [0.3, 0.4) is 0 Å². The van der Waals surface area contributed by atoms with Crippen molar-refractivity contribution in [1.29, 1.82) is 0 Å². The largest absolute Gasteiger partial charge is 0.400 e. The number of aldehydes is 1. The highest BCUT2D eigenvalue weighted by atomic mass is 32.1. The van der Waals surface area contributed by atoms with Crippen LogP contribution in [0.5, 0.6) is 0 Å². The zero-order valence-electron chi connectivity index (χ0n) is 7.25. The van der Waals surface area contributed by atoms with E-state index in [-0.39, 0.29) is 5.69 Å². The summed E-state index contributed by atoms with van der Waals surface area (Å²) >= 11 is 1.33. The zero-order chi connectivity index (χ0) is 10.4. The van der Waals surface area contributed by atoms with E-state index < -0.39 is 0 Å². The van der Waals surface area contributed by atoms with Gasteiger partial charge in [-0.15, -0.1) is 10.2 Å². The van der Waals surface area contributed by atoms with Crippen molar-refractivity contribution in [2.24, 2.45) is 0 Å². The molecular formula is C7H7N3O3S. The van der Waals surface area contributed by atoms with Gasteiger partial charge in [-0.05, 0) is 0 Å². The first-order valence-corrected chi connectivity index (χ1v) is 4.41. The lowest BCUT2D eigenvalue weighted by Gasteiger charge is -1.79. The molecule has 0 bridgehead atoms. The van der Waals surface area contributed by atoms with Crippen LogP contribution in [0.1, 0.15) is 10.5 Å². The quantitative estimate of drug-likeness (QED) is 0.735. The molecule has 0 aromatic carbocycles. The molecule has 7 heteroatoms. The van der Waals surface area contributed by atoms with Crippen LogP contribution >= 0.6 is 11.3 Å². The molecular weight excluding hydrogens is 206 g/mol. The van der Waals surface area contributed by atoms with E-state index in [1.165, 1.54) is 17.4 Å². The highest BCUT2D eigenvalue weighted by Crippen LogP contribution is 2.20. The lowest BCUT2D eigenvalue weighted by Crippen LogP contribution is -1.73. The van der Waals surface area contributed by atoms with Gasteiger partial charge in [-0.2, -0.15) is 0 Å². The van der Waals surface area contributed by atoms with Gasteiger partial charge in [-0.1, -0.05) is 16.5 Å². The Morgan fingerprint density at radius 2 is 2.36 bits per heavy atom. The van der Waals surface area contributed by atoms with E-state index in [0.717, 1.165) is 7.11 Å². The molecule has 0 aliphatic heterocycles. The van der Waals surface area contributed by atoms with Crippen molar-refractivity contribution >= 4 is 17.6 Å². The van der Waals surface area contributed by atoms with Crippen LogP contribution in [-0.4, -0.2) is 33.9 Å². The SMILES string of the molecule is CO.O=Cc1cc(-c2nncs2)on1. The summed E-state index contributed by atoms with van der Waals surface area (Å²) in [5.74, 6) is 0.472. The van der Waals surface area contributed by atoms with Gasteiger partial charge in [-0.3, -0.25) is 4.79 Å². The first kappa shape index (κ1) is 10.5. The van der Waals surface area contributed by atoms with Gasteiger partial charge in [-0.25, -0.2) is 0 Å². The van der Waals surface area contributed by atoms with Crippen LogP contribution in [0.2, 0.25) is 0 Å². The van der Waals surface area contributed by atoms with Crippen molar-refractivity contribution in [2.75, 3.05) is 7.11 Å². The van der Waals surface area contributed by atoms with Crippen LogP contribution in [0.4, 0.5) is 0 Å². The summed E-state index contributed by atoms with van der Waals surface area (Å²) in [5.41, 5.74) is 1.85. The van der Waals surface area contributed by atoms with Crippen molar-refractivity contribution in [2.45, 2.75) is 0 Å². The lowest BCUT2D eigenvalue weighted by molar-refractivity contribution is 0.111. The minimum atomic E-state index is 0.264. The van der Waals surface area contributed by atoms with Crippen molar-refractivity contribution in [3.8, 4) is 10.8 Å². The van der Waals surface area contributed by atoms with Crippen LogP contribution in [-0.2, 0) is 0 Å². The second-order valence-electron chi connectivity index (χ2n) is 1.98. The third-order valence-electron chi connectivity index (χ3n) is 1.22. The molecule has 0 spiro atoms. The maximum absolute atomic E-state index is 10.2. The summed E-state index contributed by atoms with van der Waals surface area (Å²) in [4.78, 5) is 10.2. The number of aliphatic hydroxyl groups excluding tert-OH is 1. The van der Waals surface area contributed by atoms with Gasteiger partial charge >= 0.3 is 0 Å². The van der Waals surface area contributed by atoms with Crippen LogP contribution < -0.4 is 0 Å². The second-order valence-corrected chi connectivity index (χ2v) is 2.81. The van der Waals surface area contributed by atoms with Crippen LogP contribution in [0.25, 0.3) is 10.8 Å². The Morgan fingerprint density at radius 1 is 1.57 bits per heavy atom. The van der Waals surface area contributed by atoms with Gasteiger partial charge in [0.1, 0.15) is 11.2 Å². The fourth-order valence-corrected chi connectivity index (χ4v) is 1.23. The normalized spacial score (nSPS) is 9.00. The molecule has 0 saturated heterocycles. The Bertz CT molecular complexity index is 385. The topological polar surface area (TPSA) is 89.1 Å². The fourth-order valence-electron chi connectivity index (χ4n) is 0.726. The molecule has 74 valence electrons. The number of carbonyl (C=O) groups is 1. The number of hydrogen-bond donors (Lipinski definition) is 1. The zero-order valence-corrected chi connectivity index (χ0v) is 8.06. The molecule has 0 aliphatic carbocycles.